The minimum Gasteiger partial charge on any atom is -0.495 e. The van der Waals surface area contributed by atoms with Crippen molar-refractivity contribution in [2.45, 2.75) is 50.3 Å². The summed E-state index contributed by atoms with van der Waals surface area (Å²) >= 11 is 0. The van der Waals surface area contributed by atoms with Crippen molar-refractivity contribution in [1.29, 1.82) is 0 Å². The van der Waals surface area contributed by atoms with Crippen LogP contribution in [0.2, 0.25) is 0 Å². The van der Waals surface area contributed by atoms with E-state index in [-0.39, 0.29) is 4.90 Å². The number of rotatable bonds is 6. The van der Waals surface area contributed by atoms with Crippen LogP contribution in [0.5, 0.6) is 5.75 Å². The summed E-state index contributed by atoms with van der Waals surface area (Å²) < 4.78 is 62.4. The number of piperidine rings is 1. The highest BCUT2D eigenvalue weighted by molar-refractivity contribution is 7.89. The maximum absolute atomic E-state index is 13.5. The molecule has 2 fully saturated rings. The van der Waals surface area contributed by atoms with E-state index in [1.54, 1.807) is 29.6 Å². The van der Waals surface area contributed by atoms with E-state index in [0.717, 1.165) is 29.5 Å². The van der Waals surface area contributed by atoms with Crippen molar-refractivity contribution < 1.29 is 21.6 Å². The molecule has 0 amide bonds. The molecule has 0 saturated carbocycles. The molecule has 10 heteroatoms. The monoisotopic (exact) mass is 535 g/mol. The highest BCUT2D eigenvalue weighted by atomic mass is 32.2. The summed E-state index contributed by atoms with van der Waals surface area (Å²) in [6.07, 6.45) is 1.90. The number of sulfonamides is 2. The van der Waals surface area contributed by atoms with Crippen LogP contribution in [0.25, 0.3) is 0 Å². The number of anilines is 1. The Hall–Kier alpha value is -2.14. The quantitative estimate of drug-likeness (QED) is 0.562. The summed E-state index contributed by atoms with van der Waals surface area (Å²) in [7, 11) is -5.70. The third-order valence-electron chi connectivity index (χ3n) is 7.19. The van der Waals surface area contributed by atoms with Crippen LogP contribution in [0.15, 0.2) is 40.1 Å². The van der Waals surface area contributed by atoms with Gasteiger partial charge in [-0.2, -0.15) is 8.61 Å². The first-order chi connectivity index (χ1) is 16.9. The highest BCUT2D eigenvalue weighted by Gasteiger charge is 2.33. The van der Waals surface area contributed by atoms with E-state index in [0.29, 0.717) is 61.5 Å². The zero-order valence-corrected chi connectivity index (χ0v) is 23.5. The van der Waals surface area contributed by atoms with Crippen molar-refractivity contribution in [1.82, 2.24) is 8.61 Å². The van der Waals surface area contributed by atoms with Crippen LogP contribution in [-0.2, 0) is 20.0 Å². The first-order valence-electron chi connectivity index (χ1n) is 12.5. The lowest BCUT2D eigenvalue weighted by Crippen LogP contribution is -2.49. The van der Waals surface area contributed by atoms with Crippen LogP contribution in [-0.4, -0.2) is 71.8 Å². The van der Waals surface area contributed by atoms with Crippen molar-refractivity contribution >= 4 is 25.7 Å². The number of ether oxygens (including phenoxy) is 1. The molecule has 0 spiro atoms. The van der Waals surface area contributed by atoms with Gasteiger partial charge in [-0.25, -0.2) is 16.8 Å². The summed E-state index contributed by atoms with van der Waals surface area (Å²) in [5, 5.41) is 0. The van der Waals surface area contributed by atoms with Gasteiger partial charge in [0, 0.05) is 39.3 Å². The van der Waals surface area contributed by atoms with Crippen molar-refractivity contribution in [3.05, 3.63) is 47.0 Å². The zero-order chi connectivity index (χ0) is 26.3. The number of piperazine rings is 1. The third-order valence-corrected chi connectivity index (χ3v) is 11.3. The molecule has 0 radical (unpaired) electrons. The van der Waals surface area contributed by atoms with Crippen LogP contribution in [0.1, 0.15) is 36.5 Å². The average molecular weight is 536 g/mol. The first-order valence-corrected chi connectivity index (χ1v) is 15.3. The summed E-state index contributed by atoms with van der Waals surface area (Å²) in [6.45, 7) is 10.2. The van der Waals surface area contributed by atoms with Gasteiger partial charge in [0.15, 0.2) is 0 Å². The molecule has 1 atom stereocenters. The Morgan fingerprint density at radius 3 is 2.06 bits per heavy atom. The smallest absolute Gasteiger partial charge is 0.243 e. The molecule has 0 aromatic heterocycles. The van der Waals surface area contributed by atoms with Gasteiger partial charge in [-0.1, -0.05) is 24.6 Å². The Labute approximate surface area is 216 Å². The fourth-order valence-corrected chi connectivity index (χ4v) is 8.92. The maximum Gasteiger partial charge on any atom is 0.243 e. The summed E-state index contributed by atoms with van der Waals surface area (Å²) in [5.74, 6) is 0.907. The average Bonchev–Trinajstić information content (AvgIpc) is 2.83. The molecule has 36 heavy (non-hydrogen) atoms. The predicted molar refractivity (Wildman–Crippen MR) is 142 cm³/mol. The second kappa shape index (κ2) is 10.3. The van der Waals surface area contributed by atoms with Gasteiger partial charge in [-0.05, 0) is 68.9 Å². The SMILES string of the molecule is COc1ccc(S(=O)(=O)N2CCCC(C)C2)cc1N1CCN(S(=O)(=O)c2c(C)cc(C)cc2C)CC1. The number of nitrogens with zero attached hydrogens (tertiary/aromatic N) is 3. The zero-order valence-electron chi connectivity index (χ0n) is 21.8. The molecule has 0 bridgehead atoms. The molecule has 2 aliphatic heterocycles. The molecule has 0 aliphatic carbocycles. The Kier molecular flexibility index (Phi) is 7.71. The van der Waals surface area contributed by atoms with E-state index in [1.807, 2.05) is 37.8 Å². The lowest BCUT2D eigenvalue weighted by Gasteiger charge is -2.36. The molecule has 2 heterocycles. The molecule has 1 unspecified atom stereocenters. The topological polar surface area (TPSA) is 87.2 Å². The van der Waals surface area contributed by atoms with Crippen molar-refractivity contribution in [2.75, 3.05) is 51.3 Å². The van der Waals surface area contributed by atoms with Crippen LogP contribution in [0.4, 0.5) is 5.69 Å². The van der Waals surface area contributed by atoms with Crippen LogP contribution in [0.3, 0.4) is 0 Å². The molecular weight excluding hydrogens is 498 g/mol. The first kappa shape index (κ1) is 26.9. The minimum absolute atomic E-state index is 0.244. The van der Waals surface area contributed by atoms with Gasteiger partial charge in [0.25, 0.3) is 0 Å². The van der Waals surface area contributed by atoms with E-state index >= 15 is 0 Å². The molecule has 2 saturated heterocycles. The van der Waals surface area contributed by atoms with Crippen molar-refractivity contribution in [3.8, 4) is 5.75 Å². The van der Waals surface area contributed by atoms with Gasteiger partial charge in [-0.3, -0.25) is 0 Å². The third kappa shape index (κ3) is 5.14. The number of hydrogen-bond donors (Lipinski definition) is 0. The molecule has 2 aliphatic rings. The van der Waals surface area contributed by atoms with Crippen molar-refractivity contribution in [2.24, 2.45) is 5.92 Å². The largest absolute Gasteiger partial charge is 0.495 e. The summed E-state index contributed by atoms with van der Waals surface area (Å²) in [5.41, 5.74) is 3.21. The molecule has 2 aromatic rings. The second-order valence-electron chi connectivity index (χ2n) is 10.1. The molecule has 4 rings (SSSR count). The van der Waals surface area contributed by atoms with Crippen LogP contribution in [0, 0.1) is 26.7 Å². The van der Waals surface area contributed by atoms with Gasteiger partial charge in [0.2, 0.25) is 20.0 Å². The van der Waals surface area contributed by atoms with Gasteiger partial charge < -0.3 is 9.64 Å². The Morgan fingerprint density at radius 1 is 0.833 bits per heavy atom. The standard InChI is InChI=1S/C26H37N3O5S2/c1-19-7-6-10-29(18-19)35(30,31)23-8-9-25(34-5)24(17-23)27-11-13-28(14-12-27)36(32,33)26-21(3)15-20(2)16-22(26)4/h8-9,15-17,19H,6-7,10-14,18H2,1-5H3. The van der Waals surface area contributed by atoms with Gasteiger partial charge in [-0.15, -0.1) is 0 Å². The van der Waals surface area contributed by atoms with Crippen molar-refractivity contribution in [3.63, 3.8) is 0 Å². The van der Waals surface area contributed by atoms with Crippen LogP contribution < -0.4 is 9.64 Å². The molecule has 0 N–H and O–H groups in total. The van der Waals surface area contributed by atoms with E-state index in [2.05, 4.69) is 6.92 Å². The lowest BCUT2D eigenvalue weighted by molar-refractivity contribution is 0.281. The van der Waals surface area contributed by atoms with Gasteiger partial charge >= 0.3 is 0 Å². The summed E-state index contributed by atoms with van der Waals surface area (Å²) in [4.78, 5) is 2.63. The Morgan fingerprint density at radius 2 is 1.47 bits per heavy atom. The number of hydrogen-bond acceptors (Lipinski definition) is 6. The van der Waals surface area contributed by atoms with E-state index < -0.39 is 20.0 Å². The second-order valence-corrected chi connectivity index (χ2v) is 13.9. The Balaban J connectivity index is 1.57. The molecule has 8 nitrogen and oxygen atoms in total. The molecular formula is C26H37N3O5S2. The van der Waals surface area contributed by atoms with Crippen LogP contribution >= 0.6 is 0 Å². The van der Waals surface area contributed by atoms with E-state index in [1.165, 1.54) is 4.31 Å². The minimum atomic E-state index is -3.64. The fourth-order valence-electron chi connectivity index (χ4n) is 5.46. The summed E-state index contributed by atoms with van der Waals surface area (Å²) in [6, 6.07) is 8.76. The number of aryl methyl sites for hydroxylation is 3. The number of methoxy groups -OCH3 is 1. The molecule has 198 valence electrons. The van der Waals surface area contributed by atoms with Gasteiger partial charge in [0.05, 0.1) is 22.6 Å². The maximum atomic E-state index is 13.5. The number of benzene rings is 2. The lowest BCUT2D eigenvalue weighted by atomic mass is 10.0. The highest BCUT2D eigenvalue weighted by Crippen LogP contribution is 2.34. The van der Waals surface area contributed by atoms with E-state index in [4.69, 9.17) is 4.74 Å². The normalized spacial score (nSPS) is 20.5. The predicted octanol–water partition coefficient (Wildman–Crippen LogP) is 3.55. The Bertz CT molecular complexity index is 1310. The van der Waals surface area contributed by atoms with E-state index in [9.17, 15) is 16.8 Å². The molecule has 2 aromatic carbocycles. The van der Waals surface area contributed by atoms with Gasteiger partial charge in [0.1, 0.15) is 5.75 Å². The fraction of sp³-hybridized carbons (Fsp3) is 0.538.